The maximum Gasteiger partial charge on any atom is 0.255 e. The van der Waals surface area contributed by atoms with Crippen LogP contribution in [0.4, 0.5) is 11.4 Å². The minimum atomic E-state index is -3.54. The molecule has 0 saturated carbocycles. The Morgan fingerprint density at radius 1 is 0.824 bits per heavy atom. The van der Waals surface area contributed by atoms with Gasteiger partial charge in [0.05, 0.1) is 29.7 Å². The highest BCUT2D eigenvalue weighted by Gasteiger charge is 2.20. The molecule has 0 unspecified atom stereocenters. The average Bonchev–Trinajstić information content (AvgIpc) is 2.77. The molecule has 0 aromatic heterocycles. The lowest BCUT2D eigenvalue weighted by atomic mass is 10.1. The molecule has 3 aromatic rings. The van der Waals surface area contributed by atoms with Gasteiger partial charge in [0.1, 0.15) is 0 Å². The van der Waals surface area contributed by atoms with E-state index in [9.17, 15) is 18.0 Å². The van der Waals surface area contributed by atoms with E-state index in [0.29, 0.717) is 22.5 Å². The van der Waals surface area contributed by atoms with Gasteiger partial charge in [-0.15, -0.1) is 0 Å². The first-order valence-electron chi connectivity index (χ1n) is 10.8. The third-order valence-corrected chi connectivity index (χ3v) is 6.04. The van der Waals surface area contributed by atoms with Crippen molar-refractivity contribution in [3.8, 4) is 0 Å². The van der Waals surface area contributed by atoms with Crippen molar-refractivity contribution in [3.63, 3.8) is 0 Å². The van der Waals surface area contributed by atoms with E-state index in [0.717, 1.165) is 11.8 Å². The number of sulfonamides is 1. The van der Waals surface area contributed by atoms with Crippen molar-refractivity contribution in [2.75, 3.05) is 15.9 Å². The van der Waals surface area contributed by atoms with Crippen molar-refractivity contribution in [2.45, 2.75) is 32.9 Å². The first kappa shape index (κ1) is 25.0. The Morgan fingerprint density at radius 2 is 1.41 bits per heavy atom. The Hall–Kier alpha value is -3.65. The van der Waals surface area contributed by atoms with Crippen LogP contribution in [0, 0.1) is 0 Å². The molecule has 0 aliphatic heterocycles. The van der Waals surface area contributed by atoms with Crippen LogP contribution in [-0.4, -0.2) is 32.0 Å². The molecule has 0 heterocycles. The quantitative estimate of drug-likeness (QED) is 0.524. The highest BCUT2D eigenvalue weighted by atomic mass is 32.2. The number of nitrogens with one attached hydrogen (secondary N) is 2. The molecule has 0 spiro atoms. The fraction of sp³-hybridized carbons (Fsp3) is 0.231. The molecule has 0 saturated heterocycles. The van der Waals surface area contributed by atoms with E-state index in [2.05, 4.69) is 10.6 Å². The van der Waals surface area contributed by atoms with Gasteiger partial charge in [-0.1, -0.05) is 42.5 Å². The summed E-state index contributed by atoms with van der Waals surface area (Å²) in [4.78, 5) is 25.5. The molecular weight excluding hydrogens is 450 g/mol. The molecule has 2 amide bonds. The second kappa shape index (κ2) is 10.1. The van der Waals surface area contributed by atoms with Crippen LogP contribution in [0.25, 0.3) is 0 Å². The second-order valence-electron chi connectivity index (χ2n) is 9.01. The van der Waals surface area contributed by atoms with Crippen LogP contribution in [0.1, 0.15) is 47.1 Å². The minimum Gasteiger partial charge on any atom is -0.347 e. The SMILES string of the molecule is CC(C)(C)NC(=O)c1ccccc1NC(=O)c1ccc(N(Cc2ccccc2)S(C)(=O)=O)cc1. The molecule has 0 bridgehead atoms. The van der Waals surface area contributed by atoms with Crippen molar-refractivity contribution in [2.24, 2.45) is 0 Å². The summed E-state index contributed by atoms with van der Waals surface area (Å²) in [6.07, 6.45) is 1.15. The van der Waals surface area contributed by atoms with Crippen molar-refractivity contribution < 1.29 is 18.0 Å². The number of hydrogen-bond donors (Lipinski definition) is 2. The highest BCUT2D eigenvalue weighted by molar-refractivity contribution is 7.92. The van der Waals surface area contributed by atoms with Crippen molar-refractivity contribution in [1.29, 1.82) is 0 Å². The summed E-state index contributed by atoms with van der Waals surface area (Å²) in [5, 5.41) is 5.67. The Balaban J connectivity index is 1.80. The van der Waals surface area contributed by atoms with Gasteiger partial charge in [-0.2, -0.15) is 0 Å². The topological polar surface area (TPSA) is 95.6 Å². The number of anilines is 2. The zero-order valence-corrected chi connectivity index (χ0v) is 20.5. The summed E-state index contributed by atoms with van der Waals surface area (Å²) >= 11 is 0. The molecule has 0 atom stereocenters. The van der Waals surface area contributed by atoms with Gasteiger partial charge in [-0.25, -0.2) is 8.42 Å². The van der Waals surface area contributed by atoms with Gasteiger partial charge in [0.15, 0.2) is 0 Å². The summed E-state index contributed by atoms with van der Waals surface area (Å²) in [7, 11) is -3.54. The number of amides is 2. The molecule has 0 aliphatic carbocycles. The van der Waals surface area contributed by atoms with Crippen molar-refractivity contribution >= 4 is 33.2 Å². The Labute approximate surface area is 200 Å². The summed E-state index contributed by atoms with van der Waals surface area (Å²) in [6.45, 7) is 5.82. The normalized spacial score (nSPS) is 11.5. The Kier molecular flexibility index (Phi) is 7.41. The second-order valence-corrected chi connectivity index (χ2v) is 10.9. The molecule has 0 aliphatic rings. The standard InChI is InChI=1S/C26H29N3O4S/c1-26(2,3)28-25(31)22-12-8-9-13-23(22)27-24(30)20-14-16-21(17-15-20)29(34(4,32)33)18-19-10-6-5-7-11-19/h5-17H,18H2,1-4H3,(H,27,30)(H,28,31). The van der Waals surface area contributed by atoms with Crippen molar-refractivity contribution in [1.82, 2.24) is 5.32 Å². The number of rotatable bonds is 7. The molecule has 3 aromatic carbocycles. The molecule has 8 heteroatoms. The number of carbonyl (C=O) groups excluding carboxylic acids is 2. The van der Waals surface area contributed by atoms with Gasteiger partial charge in [0, 0.05) is 11.1 Å². The number of hydrogen-bond acceptors (Lipinski definition) is 4. The lowest BCUT2D eigenvalue weighted by molar-refractivity contribution is 0.0920. The maximum absolute atomic E-state index is 12.9. The summed E-state index contributed by atoms with van der Waals surface area (Å²) < 4.78 is 26.1. The van der Waals surface area contributed by atoms with Crippen LogP contribution in [0.15, 0.2) is 78.9 Å². The van der Waals surface area contributed by atoms with Gasteiger partial charge in [0.25, 0.3) is 11.8 Å². The number of para-hydroxylation sites is 1. The highest BCUT2D eigenvalue weighted by Crippen LogP contribution is 2.22. The van der Waals surface area contributed by atoms with Crippen LogP contribution >= 0.6 is 0 Å². The number of nitrogens with zero attached hydrogens (tertiary/aromatic N) is 1. The predicted octanol–water partition coefficient (Wildman–Crippen LogP) is 4.43. The summed E-state index contributed by atoms with van der Waals surface area (Å²) in [6, 6.07) is 22.4. The summed E-state index contributed by atoms with van der Waals surface area (Å²) in [5.74, 6) is -0.694. The summed E-state index contributed by atoms with van der Waals surface area (Å²) in [5.41, 5.74) is 1.96. The van der Waals surface area contributed by atoms with Crippen LogP contribution in [0.2, 0.25) is 0 Å². The molecular formula is C26H29N3O4S. The maximum atomic E-state index is 12.9. The minimum absolute atomic E-state index is 0.182. The van der Waals surface area contributed by atoms with Crippen LogP contribution < -0.4 is 14.9 Å². The van der Waals surface area contributed by atoms with E-state index in [1.165, 1.54) is 4.31 Å². The van der Waals surface area contributed by atoms with E-state index in [1.54, 1.807) is 48.5 Å². The average molecular weight is 480 g/mol. The van der Waals surface area contributed by atoms with Crippen LogP contribution in [0.5, 0.6) is 0 Å². The van der Waals surface area contributed by atoms with E-state index >= 15 is 0 Å². The molecule has 34 heavy (non-hydrogen) atoms. The third kappa shape index (κ3) is 6.68. The predicted molar refractivity (Wildman–Crippen MR) is 136 cm³/mol. The third-order valence-electron chi connectivity index (χ3n) is 4.90. The molecule has 3 rings (SSSR count). The molecule has 0 radical (unpaired) electrons. The molecule has 7 nitrogen and oxygen atoms in total. The Bertz CT molecular complexity index is 1270. The van der Waals surface area contributed by atoms with Gasteiger partial charge in [-0.05, 0) is 62.7 Å². The zero-order chi connectivity index (χ0) is 24.9. The number of carbonyl (C=O) groups is 2. The first-order chi connectivity index (χ1) is 15.9. The molecule has 178 valence electrons. The first-order valence-corrected chi connectivity index (χ1v) is 12.6. The van der Waals surface area contributed by atoms with Crippen LogP contribution in [-0.2, 0) is 16.6 Å². The van der Waals surface area contributed by atoms with Gasteiger partial charge < -0.3 is 10.6 Å². The van der Waals surface area contributed by atoms with E-state index in [4.69, 9.17) is 0 Å². The zero-order valence-electron chi connectivity index (χ0n) is 19.7. The monoisotopic (exact) mass is 479 g/mol. The van der Waals surface area contributed by atoms with Crippen LogP contribution in [0.3, 0.4) is 0 Å². The molecule has 2 N–H and O–H groups in total. The molecule has 0 fully saturated rings. The number of benzene rings is 3. The van der Waals surface area contributed by atoms with Gasteiger partial charge >= 0.3 is 0 Å². The Morgan fingerprint density at radius 3 is 2.00 bits per heavy atom. The van der Waals surface area contributed by atoms with E-state index in [-0.39, 0.29) is 12.5 Å². The largest absolute Gasteiger partial charge is 0.347 e. The van der Waals surface area contributed by atoms with Gasteiger partial charge in [-0.3, -0.25) is 13.9 Å². The fourth-order valence-corrected chi connectivity index (χ4v) is 4.21. The lowest BCUT2D eigenvalue weighted by Gasteiger charge is -2.23. The van der Waals surface area contributed by atoms with E-state index < -0.39 is 21.5 Å². The van der Waals surface area contributed by atoms with Crippen molar-refractivity contribution in [3.05, 3.63) is 95.6 Å². The lowest BCUT2D eigenvalue weighted by Crippen LogP contribution is -2.40. The van der Waals surface area contributed by atoms with Gasteiger partial charge in [0.2, 0.25) is 10.0 Å². The fourth-order valence-electron chi connectivity index (χ4n) is 3.32. The smallest absolute Gasteiger partial charge is 0.255 e. The van der Waals surface area contributed by atoms with E-state index in [1.807, 2.05) is 51.1 Å².